The van der Waals surface area contributed by atoms with Crippen LogP contribution >= 0.6 is 22.7 Å². The topological polar surface area (TPSA) is 3.24 Å². The van der Waals surface area contributed by atoms with Crippen molar-refractivity contribution >= 4 is 102 Å². The molecule has 220 valence electrons. The Bertz CT molecular complexity index is 2790. The summed E-state index contributed by atoms with van der Waals surface area (Å²) in [5, 5.41) is 10.5. The first-order chi connectivity index (χ1) is 23.3. The highest BCUT2D eigenvalue weighted by molar-refractivity contribution is 7.29. The van der Waals surface area contributed by atoms with E-state index in [-0.39, 0.29) is 0 Å². The fourth-order valence-electron chi connectivity index (χ4n) is 7.10. The Labute approximate surface area is 280 Å². The molecule has 47 heavy (non-hydrogen) atoms. The quantitative estimate of drug-likeness (QED) is 0.186. The third kappa shape index (κ3) is 4.35. The molecule has 8 aromatic carbocycles. The summed E-state index contributed by atoms with van der Waals surface area (Å²) in [6.07, 6.45) is 0. The van der Waals surface area contributed by atoms with Gasteiger partial charge in [-0.2, -0.15) is 0 Å². The zero-order chi connectivity index (χ0) is 30.9. The molecule has 0 N–H and O–H groups in total. The summed E-state index contributed by atoms with van der Waals surface area (Å²) in [4.78, 5) is 2.38. The fourth-order valence-corrected chi connectivity index (χ4v) is 9.56. The molecule has 10 rings (SSSR count). The van der Waals surface area contributed by atoms with E-state index < -0.39 is 0 Å². The molecule has 1 nitrogen and oxygen atoms in total. The highest BCUT2D eigenvalue weighted by atomic mass is 32.1. The second kappa shape index (κ2) is 10.5. The molecule has 0 spiro atoms. The molecule has 0 bridgehead atoms. The third-order valence-electron chi connectivity index (χ3n) is 9.40. The van der Waals surface area contributed by atoms with E-state index in [1.54, 1.807) is 0 Å². The number of para-hydroxylation sites is 1. The summed E-state index contributed by atoms with van der Waals surface area (Å²) in [7, 11) is 0. The molecule has 2 heterocycles. The van der Waals surface area contributed by atoms with E-state index in [9.17, 15) is 0 Å². The number of anilines is 3. The number of hydrogen-bond acceptors (Lipinski definition) is 3. The first kappa shape index (κ1) is 26.7. The molecule has 3 heteroatoms. The van der Waals surface area contributed by atoms with Gasteiger partial charge in [0.05, 0.1) is 0 Å². The summed E-state index contributed by atoms with van der Waals surface area (Å²) in [5.74, 6) is 0. The number of benzene rings is 8. The van der Waals surface area contributed by atoms with Gasteiger partial charge >= 0.3 is 0 Å². The van der Waals surface area contributed by atoms with Crippen molar-refractivity contribution in [2.75, 3.05) is 4.90 Å². The molecular formula is C44H27NS2. The molecule has 0 aliphatic heterocycles. The van der Waals surface area contributed by atoms with Gasteiger partial charge in [0.1, 0.15) is 0 Å². The van der Waals surface area contributed by atoms with E-state index in [4.69, 9.17) is 0 Å². The van der Waals surface area contributed by atoms with Gasteiger partial charge in [-0.15, -0.1) is 22.7 Å². The van der Waals surface area contributed by atoms with Crippen molar-refractivity contribution in [3.63, 3.8) is 0 Å². The van der Waals surface area contributed by atoms with E-state index >= 15 is 0 Å². The lowest BCUT2D eigenvalue weighted by atomic mass is 10.0. The van der Waals surface area contributed by atoms with Crippen LogP contribution in [0.4, 0.5) is 17.1 Å². The Hall–Kier alpha value is -5.48. The minimum atomic E-state index is 1.14. The van der Waals surface area contributed by atoms with E-state index in [1.807, 2.05) is 22.7 Å². The Balaban J connectivity index is 1.13. The first-order valence-electron chi connectivity index (χ1n) is 15.9. The molecule has 2 aromatic heterocycles. The van der Waals surface area contributed by atoms with Gasteiger partial charge in [0.25, 0.3) is 0 Å². The van der Waals surface area contributed by atoms with Gasteiger partial charge in [-0.1, -0.05) is 97.1 Å². The maximum atomic E-state index is 2.40. The zero-order valence-electron chi connectivity index (χ0n) is 25.4. The number of fused-ring (bicyclic) bond motifs is 9. The van der Waals surface area contributed by atoms with E-state index in [0.717, 1.165) is 17.1 Å². The molecule has 0 saturated carbocycles. The lowest BCUT2D eigenvalue weighted by Gasteiger charge is -2.26. The van der Waals surface area contributed by atoms with Crippen molar-refractivity contribution in [3.8, 4) is 11.1 Å². The molecule has 0 aliphatic carbocycles. The first-order valence-corrected chi connectivity index (χ1v) is 17.5. The normalized spacial score (nSPS) is 11.8. The standard InChI is InChI=1S/C44H27NS2/c1-2-12-34(13-3-1)45(35-18-16-29(17-19-35)33-15-14-28-8-4-5-9-30(28)24-33)36-20-22-40-39(27-36)43-41(46-40)23-21-37-38-25-31-10-6-7-11-32(31)26-42(38)47-44(37)43/h1-27H. The van der Waals surface area contributed by atoms with E-state index in [2.05, 4.69) is 169 Å². The van der Waals surface area contributed by atoms with Crippen LogP contribution in [0.15, 0.2) is 164 Å². The monoisotopic (exact) mass is 633 g/mol. The van der Waals surface area contributed by atoms with Crippen molar-refractivity contribution in [2.24, 2.45) is 0 Å². The molecule has 0 aliphatic rings. The predicted octanol–water partition coefficient (Wildman–Crippen LogP) is 13.9. The van der Waals surface area contributed by atoms with Crippen LogP contribution in [0.2, 0.25) is 0 Å². The molecule has 0 unspecified atom stereocenters. The third-order valence-corrected chi connectivity index (χ3v) is 11.7. The van der Waals surface area contributed by atoms with E-state index in [1.165, 1.54) is 73.0 Å². The molecule has 0 fully saturated rings. The second-order valence-corrected chi connectivity index (χ2v) is 14.3. The molecule has 0 radical (unpaired) electrons. The van der Waals surface area contributed by atoms with Gasteiger partial charge < -0.3 is 4.90 Å². The summed E-state index contributed by atoms with van der Waals surface area (Å²) >= 11 is 3.82. The van der Waals surface area contributed by atoms with Crippen molar-refractivity contribution < 1.29 is 0 Å². The van der Waals surface area contributed by atoms with Gasteiger partial charge in [0.2, 0.25) is 0 Å². The summed E-state index contributed by atoms with van der Waals surface area (Å²) in [6, 6.07) is 60.0. The van der Waals surface area contributed by atoms with Crippen LogP contribution < -0.4 is 4.90 Å². The SMILES string of the molecule is c1ccc(N(c2ccc(-c3ccc4ccccc4c3)cc2)c2ccc3sc4ccc5c6cc7ccccc7cc6sc5c4c3c2)cc1. The van der Waals surface area contributed by atoms with Crippen LogP contribution in [-0.4, -0.2) is 0 Å². The number of hydrogen-bond donors (Lipinski definition) is 0. The van der Waals surface area contributed by atoms with Crippen LogP contribution in [0.1, 0.15) is 0 Å². The highest BCUT2D eigenvalue weighted by Gasteiger charge is 2.18. The summed E-state index contributed by atoms with van der Waals surface area (Å²) < 4.78 is 5.38. The number of thiophene rings is 2. The Morgan fingerprint density at radius 2 is 0.979 bits per heavy atom. The Kier molecular flexibility index (Phi) is 5.98. The molecule has 0 amide bonds. The van der Waals surface area contributed by atoms with Crippen LogP contribution in [-0.2, 0) is 0 Å². The van der Waals surface area contributed by atoms with Crippen LogP contribution in [0.5, 0.6) is 0 Å². The van der Waals surface area contributed by atoms with Crippen molar-refractivity contribution in [1.29, 1.82) is 0 Å². The van der Waals surface area contributed by atoms with Crippen molar-refractivity contribution in [2.45, 2.75) is 0 Å². The maximum absolute atomic E-state index is 2.40. The fraction of sp³-hybridized carbons (Fsp3) is 0. The smallest absolute Gasteiger partial charge is 0.0468 e. The van der Waals surface area contributed by atoms with Gasteiger partial charge in [-0.05, 0) is 99.4 Å². The molecule has 10 aromatic rings. The van der Waals surface area contributed by atoms with Gasteiger partial charge in [-0.3, -0.25) is 0 Å². The number of nitrogens with zero attached hydrogens (tertiary/aromatic N) is 1. The lowest BCUT2D eigenvalue weighted by Crippen LogP contribution is -2.09. The summed E-state index contributed by atoms with van der Waals surface area (Å²) in [6.45, 7) is 0. The second-order valence-electron chi connectivity index (χ2n) is 12.2. The average Bonchev–Trinajstić information content (AvgIpc) is 3.68. The zero-order valence-corrected chi connectivity index (χ0v) is 27.0. The maximum Gasteiger partial charge on any atom is 0.0468 e. The minimum Gasteiger partial charge on any atom is -0.310 e. The highest BCUT2D eigenvalue weighted by Crippen LogP contribution is 2.47. The molecule has 0 saturated heterocycles. The van der Waals surface area contributed by atoms with Crippen molar-refractivity contribution in [3.05, 3.63) is 164 Å². The Morgan fingerprint density at radius 1 is 0.340 bits per heavy atom. The largest absolute Gasteiger partial charge is 0.310 e. The minimum absolute atomic E-state index is 1.14. The Morgan fingerprint density at radius 3 is 1.79 bits per heavy atom. The van der Waals surface area contributed by atoms with Crippen molar-refractivity contribution in [1.82, 2.24) is 0 Å². The molecular weight excluding hydrogens is 607 g/mol. The lowest BCUT2D eigenvalue weighted by molar-refractivity contribution is 1.29. The van der Waals surface area contributed by atoms with Crippen LogP contribution in [0.25, 0.3) is 73.0 Å². The van der Waals surface area contributed by atoms with Gasteiger partial charge in [-0.25, -0.2) is 0 Å². The number of rotatable bonds is 4. The molecule has 0 atom stereocenters. The van der Waals surface area contributed by atoms with E-state index in [0.29, 0.717) is 0 Å². The van der Waals surface area contributed by atoms with Gasteiger partial charge in [0.15, 0.2) is 0 Å². The average molecular weight is 634 g/mol. The predicted molar refractivity (Wildman–Crippen MR) is 207 cm³/mol. The van der Waals surface area contributed by atoms with Gasteiger partial charge in [0, 0.05) is 57.4 Å². The van der Waals surface area contributed by atoms with Crippen LogP contribution in [0, 0.1) is 0 Å². The van der Waals surface area contributed by atoms with Crippen LogP contribution in [0.3, 0.4) is 0 Å². The summed E-state index contributed by atoms with van der Waals surface area (Å²) in [5.41, 5.74) is 5.88.